The van der Waals surface area contributed by atoms with Crippen molar-refractivity contribution in [1.29, 1.82) is 0 Å². The normalized spacial score (nSPS) is 13.1. The number of phenolic OH excluding ortho intramolecular Hbond substituents is 1. The Labute approximate surface area is 211 Å². The van der Waals surface area contributed by atoms with Gasteiger partial charge in [-0.2, -0.15) is 0 Å². The number of fused-ring (bicyclic) bond motifs is 1. The van der Waals surface area contributed by atoms with Crippen LogP contribution in [0.1, 0.15) is 34.8 Å². The predicted molar refractivity (Wildman–Crippen MR) is 139 cm³/mol. The zero-order valence-corrected chi connectivity index (χ0v) is 20.1. The summed E-state index contributed by atoms with van der Waals surface area (Å²) in [6.45, 7) is 0.417. The number of nitrogens with zero attached hydrogens (tertiary/aromatic N) is 2. The van der Waals surface area contributed by atoms with Gasteiger partial charge in [0.05, 0.1) is 51.0 Å². The third kappa shape index (κ3) is 4.75. The van der Waals surface area contributed by atoms with Crippen molar-refractivity contribution in [2.24, 2.45) is 0 Å². The van der Waals surface area contributed by atoms with Crippen LogP contribution in [0.15, 0.2) is 48.7 Å². The molecule has 178 valence electrons. The van der Waals surface area contributed by atoms with Crippen LogP contribution in [0.5, 0.6) is 5.75 Å². The van der Waals surface area contributed by atoms with E-state index in [1.807, 2.05) is 24.3 Å². The van der Waals surface area contributed by atoms with Crippen molar-refractivity contribution in [2.45, 2.75) is 18.8 Å². The van der Waals surface area contributed by atoms with Gasteiger partial charge < -0.3 is 20.8 Å². The zero-order valence-electron chi connectivity index (χ0n) is 18.6. The van der Waals surface area contributed by atoms with Crippen molar-refractivity contribution in [1.82, 2.24) is 9.97 Å². The molecule has 0 aliphatic heterocycles. The first-order valence-electron chi connectivity index (χ1n) is 11.2. The molecular weight excluding hydrogens is 487 g/mol. The number of anilines is 3. The van der Waals surface area contributed by atoms with E-state index in [1.165, 1.54) is 0 Å². The van der Waals surface area contributed by atoms with Gasteiger partial charge in [-0.1, -0.05) is 29.3 Å². The summed E-state index contributed by atoms with van der Waals surface area (Å²) < 4.78 is 0. The second kappa shape index (κ2) is 9.70. The van der Waals surface area contributed by atoms with E-state index in [9.17, 15) is 9.90 Å². The average molecular weight is 509 g/mol. The van der Waals surface area contributed by atoms with E-state index >= 15 is 0 Å². The van der Waals surface area contributed by atoms with Crippen molar-refractivity contribution in [3.63, 3.8) is 0 Å². The van der Waals surface area contributed by atoms with Gasteiger partial charge in [0.25, 0.3) is 0 Å². The van der Waals surface area contributed by atoms with E-state index in [4.69, 9.17) is 33.3 Å². The summed E-state index contributed by atoms with van der Waals surface area (Å²) >= 11 is 12.3. The van der Waals surface area contributed by atoms with Gasteiger partial charge in [-0.05, 0) is 60.4 Å². The fourth-order valence-electron chi connectivity index (χ4n) is 4.03. The number of aliphatic hydroxyl groups is 1. The number of hydrogen-bond donors (Lipinski definition) is 4. The molecular formula is C26H22Cl2N4O3. The monoisotopic (exact) mass is 508 g/mol. The minimum absolute atomic E-state index is 0.0110. The van der Waals surface area contributed by atoms with Gasteiger partial charge in [0.1, 0.15) is 5.82 Å². The maximum Gasteiger partial charge on any atom is 0.154 e. The number of aromatic nitrogens is 2. The molecule has 4 N–H and O–H groups in total. The van der Waals surface area contributed by atoms with Crippen LogP contribution in [0, 0.1) is 0 Å². The molecule has 9 heteroatoms. The molecule has 5 rings (SSSR count). The molecule has 1 aliphatic carbocycles. The molecule has 0 bridgehead atoms. The second-order valence-electron chi connectivity index (χ2n) is 8.41. The maximum absolute atomic E-state index is 12.3. The summed E-state index contributed by atoms with van der Waals surface area (Å²) in [7, 11) is 0. The average Bonchev–Trinajstić information content (AvgIpc) is 3.71. The molecule has 0 unspecified atom stereocenters. The third-order valence-corrected chi connectivity index (χ3v) is 6.51. The lowest BCUT2D eigenvalue weighted by molar-refractivity contribution is 0.112. The summed E-state index contributed by atoms with van der Waals surface area (Å²) in [6, 6.07) is 12.7. The lowest BCUT2D eigenvalue weighted by atomic mass is 9.99. The van der Waals surface area contributed by atoms with Gasteiger partial charge in [-0.25, -0.2) is 4.98 Å². The smallest absolute Gasteiger partial charge is 0.154 e. The number of aromatic hydroxyl groups is 1. The number of pyridine rings is 2. The summed E-state index contributed by atoms with van der Waals surface area (Å²) in [5.74, 6) is 0.753. The molecule has 0 saturated heterocycles. The van der Waals surface area contributed by atoms with Gasteiger partial charge in [-0.3, -0.25) is 9.78 Å². The molecule has 0 spiro atoms. The first-order valence-corrected chi connectivity index (χ1v) is 11.9. The number of carbonyl (C=O) groups excluding carboxylic acids is 1. The molecule has 0 atom stereocenters. The molecule has 7 nitrogen and oxygen atoms in total. The Morgan fingerprint density at radius 3 is 2.46 bits per heavy atom. The Balaban J connectivity index is 1.63. The van der Waals surface area contributed by atoms with Crippen LogP contribution in [0.4, 0.5) is 17.2 Å². The maximum atomic E-state index is 12.3. The molecule has 1 fully saturated rings. The first kappa shape index (κ1) is 23.4. The minimum Gasteiger partial charge on any atom is -0.505 e. The van der Waals surface area contributed by atoms with Crippen molar-refractivity contribution in [3.8, 4) is 16.9 Å². The Kier molecular flexibility index (Phi) is 6.47. The van der Waals surface area contributed by atoms with E-state index in [0.717, 1.165) is 46.9 Å². The quantitative estimate of drug-likeness (QED) is 0.211. The van der Waals surface area contributed by atoms with Crippen LogP contribution in [-0.4, -0.2) is 39.6 Å². The van der Waals surface area contributed by atoms with Crippen LogP contribution in [0.3, 0.4) is 0 Å². The summed E-state index contributed by atoms with van der Waals surface area (Å²) in [5.41, 5.74) is 4.98. The van der Waals surface area contributed by atoms with E-state index in [1.54, 1.807) is 24.4 Å². The lowest BCUT2D eigenvalue weighted by Crippen LogP contribution is -2.07. The standard InChI is InChI=1S/C26H22Cl2N4O3/c27-20-10-16(11-21(28)26(20)35)15-3-5-22-18(9-15)25(19(13-34)24(32-22)14-1-2-14)31-17-4-6-23(30-12-17)29-7-8-33/h3-6,9-14,33,35H,1-2,7-8H2,(H,29,30)(H,31,32). The van der Waals surface area contributed by atoms with E-state index < -0.39 is 0 Å². The molecule has 2 aromatic heterocycles. The third-order valence-electron chi connectivity index (χ3n) is 5.93. The fourth-order valence-corrected chi connectivity index (χ4v) is 4.52. The van der Waals surface area contributed by atoms with Gasteiger partial charge in [0, 0.05) is 17.8 Å². The molecule has 2 aromatic carbocycles. The molecule has 4 aromatic rings. The van der Waals surface area contributed by atoms with Crippen molar-refractivity contribution in [2.75, 3.05) is 23.8 Å². The Hall–Kier alpha value is -3.39. The van der Waals surface area contributed by atoms with E-state index in [2.05, 4.69) is 15.6 Å². The number of hydrogen-bond acceptors (Lipinski definition) is 7. The highest BCUT2D eigenvalue weighted by Crippen LogP contribution is 2.45. The highest BCUT2D eigenvalue weighted by Gasteiger charge is 2.30. The van der Waals surface area contributed by atoms with Crippen molar-refractivity contribution < 1.29 is 15.0 Å². The van der Waals surface area contributed by atoms with E-state index in [-0.39, 0.29) is 28.3 Å². The van der Waals surface area contributed by atoms with Crippen LogP contribution < -0.4 is 10.6 Å². The van der Waals surface area contributed by atoms with Crippen molar-refractivity contribution in [3.05, 3.63) is 70.0 Å². The molecule has 0 radical (unpaired) electrons. The zero-order chi connectivity index (χ0) is 24.5. The Bertz CT molecular complexity index is 1400. The number of nitrogens with one attached hydrogen (secondary N) is 2. The number of aldehydes is 1. The number of aliphatic hydroxyl groups excluding tert-OH is 1. The highest BCUT2D eigenvalue weighted by atomic mass is 35.5. The van der Waals surface area contributed by atoms with Gasteiger partial charge >= 0.3 is 0 Å². The Morgan fingerprint density at radius 1 is 1.06 bits per heavy atom. The molecule has 35 heavy (non-hydrogen) atoms. The predicted octanol–water partition coefficient (Wildman–Crippen LogP) is 6.15. The topological polar surface area (TPSA) is 107 Å². The number of carbonyl (C=O) groups is 1. The van der Waals surface area contributed by atoms with Gasteiger partial charge in [0.15, 0.2) is 12.0 Å². The highest BCUT2D eigenvalue weighted by molar-refractivity contribution is 6.37. The summed E-state index contributed by atoms with van der Waals surface area (Å²) in [5, 5.41) is 26.4. The molecule has 0 amide bonds. The molecule has 2 heterocycles. The molecule has 1 aliphatic rings. The Morgan fingerprint density at radius 2 is 1.83 bits per heavy atom. The summed E-state index contributed by atoms with van der Waals surface area (Å²) in [6.07, 6.45) is 4.54. The second-order valence-corrected chi connectivity index (χ2v) is 9.22. The van der Waals surface area contributed by atoms with Gasteiger partial charge in [-0.15, -0.1) is 0 Å². The number of rotatable bonds is 8. The van der Waals surface area contributed by atoms with Crippen LogP contribution in [0.25, 0.3) is 22.0 Å². The fraction of sp³-hybridized carbons (Fsp3) is 0.192. The minimum atomic E-state index is -0.163. The largest absolute Gasteiger partial charge is 0.505 e. The van der Waals surface area contributed by atoms with Crippen LogP contribution in [0.2, 0.25) is 10.0 Å². The lowest BCUT2D eigenvalue weighted by Gasteiger charge is -2.17. The summed E-state index contributed by atoms with van der Waals surface area (Å²) in [4.78, 5) is 21.5. The SMILES string of the molecule is O=Cc1c(C2CC2)nc2ccc(-c3cc(Cl)c(O)c(Cl)c3)cc2c1Nc1ccc(NCCO)nc1. The number of benzene rings is 2. The van der Waals surface area contributed by atoms with Crippen LogP contribution in [-0.2, 0) is 0 Å². The first-order chi connectivity index (χ1) is 17.0. The van der Waals surface area contributed by atoms with E-state index in [0.29, 0.717) is 29.3 Å². The van der Waals surface area contributed by atoms with Gasteiger partial charge in [0.2, 0.25) is 0 Å². The number of halogens is 2. The number of phenols is 1. The molecule has 1 saturated carbocycles. The van der Waals surface area contributed by atoms with Crippen LogP contribution >= 0.6 is 23.2 Å². The van der Waals surface area contributed by atoms with Crippen molar-refractivity contribution >= 4 is 57.6 Å².